The van der Waals surface area contributed by atoms with Crippen LogP contribution in [-0.2, 0) is 5.60 Å². The van der Waals surface area contributed by atoms with Crippen LogP contribution >= 0.6 is 0 Å². The highest BCUT2D eigenvalue weighted by molar-refractivity contribution is 5.36. The Morgan fingerprint density at radius 2 is 1.33 bits per heavy atom. The molecule has 0 unspecified atom stereocenters. The summed E-state index contributed by atoms with van der Waals surface area (Å²) in [4.78, 5) is 0. The molecule has 0 aromatic heterocycles. The monoisotopic (exact) mass is 241 g/mol. The lowest BCUT2D eigenvalue weighted by molar-refractivity contribution is 0.0652. The molecular formula is C16H19NO. The van der Waals surface area contributed by atoms with Crippen molar-refractivity contribution < 1.29 is 5.11 Å². The Labute approximate surface area is 108 Å². The van der Waals surface area contributed by atoms with Crippen LogP contribution in [0.1, 0.15) is 24.5 Å². The SMILES string of the molecule is C[C@@H](N)CC(O)(c1ccccc1)c1ccccc1. The maximum atomic E-state index is 11.0. The molecule has 2 aromatic carbocycles. The first-order valence-corrected chi connectivity index (χ1v) is 6.22. The topological polar surface area (TPSA) is 46.2 Å². The van der Waals surface area contributed by atoms with Gasteiger partial charge in [-0.3, -0.25) is 0 Å². The molecule has 0 heterocycles. The molecule has 1 atom stereocenters. The maximum Gasteiger partial charge on any atom is 0.116 e. The number of hydrogen-bond donors (Lipinski definition) is 2. The Bertz CT molecular complexity index is 439. The van der Waals surface area contributed by atoms with Crippen molar-refractivity contribution in [2.24, 2.45) is 5.73 Å². The zero-order chi connectivity index (χ0) is 13.0. The van der Waals surface area contributed by atoms with Gasteiger partial charge >= 0.3 is 0 Å². The molecule has 2 aromatic rings. The summed E-state index contributed by atoms with van der Waals surface area (Å²) in [6, 6.07) is 19.3. The minimum atomic E-state index is -1.02. The highest BCUT2D eigenvalue weighted by Crippen LogP contribution is 2.33. The van der Waals surface area contributed by atoms with Gasteiger partial charge in [-0.25, -0.2) is 0 Å². The quantitative estimate of drug-likeness (QED) is 0.864. The molecule has 2 heteroatoms. The van der Waals surface area contributed by atoms with Crippen molar-refractivity contribution in [3.63, 3.8) is 0 Å². The van der Waals surface area contributed by atoms with E-state index < -0.39 is 5.60 Å². The van der Waals surface area contributed by atoms with Gasteiger partial charge in [0.25, 0.3) is 0 Å². The minimum Gasteiger partial charge on any atom is -0.380 e. The Morgan fingerprint density at radius 1 is 0.944 bits per heavy atom. The Morgan fingerprint density at radius 3 is 1.67 bits per heavy atom. The lowest BCUT2D eigenvalue weighted by Crippen LogP contribution is -2.34. The maximum absolute atomic E-state index is 11.0. The Balaban J connectivity index is 2.48. The Hall–Kier alpha value is -1.64. The van der Waals surface area contributed by atoms with Crippen LogP contribution in [0.4, 0.5) is 0 Å². The average Bonchev–Trinajstić information content (AvgIpc) is 2.40. The molecule has 0 saturated carbocycles. The molecule has 2 nitrogen and oxygen atoms in total. The van der Waals surface area contributed by atoms with Gasteiger partial charge in [-0.1, -0.05) is 60.7 Å². The van der Waals surface area contributed by atoms with Crippen molar-refractivity contribution in [1.82, 2.24) is 0 Å². The highest BCUT2D eigenvalue weighted by atomic mass is 16.3. The van der Waals surface area contributed by atoms with E-state index in [2.05, 4.69) is 0 Å². The molecule has 0 amide bonds. The zero-order valence-electron chi connectivity index (χ0n) is 10.6. The van der Waals surface area contributed by atoms with E-state index in [4.69, 9.17) is 5.73 Å². The molecule has 0 fully saturated rings. The summed E-state index contributed by atoms with van der Waals surface area (Å²) in [5.41, 5.74) is 6.64. The van der Waals surface area contributed by atoms with Crippen LogP contribution in [0.25, 0.3) is 0 Å². The molecule has 18 heavy (non-hydrogen) atoms. The highest BCUT2D eigenvalue weighted by Gasteiger charge is 2.32. The van der Waals surface area contributed by atoms with Gasteiger partial charge in [-0.15, -0.1) is 0 Å². The third-order valence-electron chi connectivity index (χ3n) is 3.12. The molecule has 2 rings (SSSR count). The van der Waals surface area contributed by atoms with Gasteiger partial charge in [-0.05, 0) is 24.5 Å². The summed E-state index contributed by atoms with van der Waals surface area (Å²) in [5, 5.41) is 11.0. The van der Waals surface area contributed by atoms with E-state index >= 15 is 0 Å². The average molecular weight is 241 g/mol. The van der Waals surface area contributed by atoms with Crippen molar-refractivity contribution in [3.8, 4) is 0 Å². The molecule has 3 N–H and O–H groups in total. The predicted molar refractivity (Wildman–Crippen MR) is 74.1 cm³/mol. The summed E-state index contributed by atoms with van der Waals surface area (Å²) in [6.45, 7) is 1.91. The fraction of sp³-hybridized carbons (Fsp3) is 0.250. The van der Waals surface area contributed by atoms with Crippen LogP contribution in [0.5, 0.6) is 0 Å². The summed E-state index contributed by atoms with van der Waals surface area (Å²) in [6.07, 6.45) is 0.501. The molecule has 0 radical (unpaired) electrons. The van der Waals surface area contributed by atoms with Crippen LogP contribution in [0, 0.1) is 0 Å². The molecule has 0 bridgehead atoms. The molecule has 0 aliphatic carbocycles. The van der Waals surface area contributed by atoms with E-state index in [1.165, 1.54) is 0 Å². The summed E-state index contributed by atoms with van der Waals surface area (Å²) in [5.74, 6) is 0. The van der Waals surface area contributed by atoms with Gasteiger partial charge in [0.1, 0.15) is 5.60 Å². The standard InChI is InChI=1S/C16H19NO/c1-13(17)12-16(18,14-8-4-2-5-9-14)15-10-6-3-7-11-15/h2-11,13,18H,12,17H2,1H3/t13-/m1/s1. The van der Waals surface area contributed by atoms with Gasteiger partial charge in [-0.2, -0.15) is 0 Å². The van der Waals surface area contributed by atoms with Gasteiger partial charge in [0.05, 0.1) is 0 Å². The smallest absolute Gasteiger partial charge is 0.116 e. The van der Waals surface area contributed by atoms with Gasteiger partial charge in [0.2, 0.25) is 0 Å². The third-order valence-corrected chi connectivity index (χ3v) is 3.12. The second-order valence-electron chi connectivity index (χ2n) is 4.77. The number of hydrogen-bond acceptors (Lipinski definition) is 2. The molecular weight excluding hydrogens is 222 g/mol. The number of nitrogens with two attached hydrogens (primary N) is 1. The fourth-order valence-electron chi connectivity index (χ4n) is 2.30. The molecule has 0 aliphatic heterocycles. The fourth-order valence-corrected chi connectivity index (χ4v) is 2.30. The van der Waals surface area contributed by atoms with Crippen LogP contribution in [0.15, 0.2) is 60.7 Å². The Kier molecular flexibility index (Phi) is 3.80. The van der Waals surface area contributed by atoms with Crippen molar-refractivity contribution in [1.29, 1.82) is 0 Å². The molecule has 0 spiro atoms. The van der Waals surface area contributed by atoms with E-state index in [1.807, 2.05) is 67.6 Å². The largest absolute Gasteiger partial charge is 0.380 e. The van der Waals surface area contributed by atoms with Crippen molar-refractivity contribution >= 4 is 0 Å². The normalized spacial score (nSPS) is 13.3. The van der Waals surface area contributed by atoms with E-state index in [0.29, 0.717) is 6.42 Å². The minimum absolute atomic E-state index is 0.0737. The number of aliphatic hydroxyl groups is 1. The first-order valence-electron chi connectivity index (χ1n) is 6.22. The van der Waals surface area contributed by atoms with Crippen molar-refractivity contribution in [2.45, 2.75) is 25.0 Å². The molecule has 0 saturated heterocycles. The van der Waals surface area contributed by atoms with Crippen molar-refractivity contribution in [2.75, 3.05) is 0 Å². The van der Waals surface area contributed by atoms with E-state index in [1.54, 1.807) is 0 Å². The van der Waals surface area contributed by atoms with Gasteiger partial charge in [0, 0.05) is 6.04 Å². The lowest BCUT2D eigenvalue weighted by Gasteiger charge is -2.31. The van der Waals surface area contributed by atoms with E-state index in [0.717, 1.165) is 11.1 Å². The van der Waals surface area contributed by atoms with Crippen LogP contribution in [0.3, 0.4) is 0 Å². The summed E-state index contributed by atoms with van der Waals surface area (Å²) in [7, 11) is 0. The van der Waals surface area contributed by atoms with Gasteiger partial charge in [0.15, 0.2) is 0 Å². The second kappa shape index (κ2) is 5.34. The molecule has 0 aliphatic rings. The number of benzene rings is 2. The van der Waals surface area contributed by atoms with Crippen LogP contribution in [0.2, 0.25) is 0 Å². The summed E-state index contributed by atoms with van der Waals surface area (Å²) >= 11 is 0. The van der Waals surface area contributed by atoms with Crippen molar-refractivity contribution in [3.05, 3.63) is 71.8 Å². The lowest BCUT2D eigenvalue weighted by atomic mass is 9.82. The van der Waals surface area contributed by atoms with E-state index in [-0.39, 0.29) is 6.04 Å². The first kappa shape index (κ1) is 12.8. The third kappa shape index (κ3) is 2.61. The van der Waals surface area contributed by atoms with Gasteiger partial charge < -0.3 is 10.8 Å². The predicted octanol–water partition coefficient (Wildman–Crippen LogP) is 2.66. The second-order valence-corrected chi connectivity index (χ2v) is 4.77. The zero-order valence-corrected chi connectivity index (χ0v) is 10.6. The van der Waals surface area contributed by atoms with Crippen LogP contribution in [-0.4, -0.2) is 11.1 Å². The number of rotatable bonds is 4. The summed E-state index contributed by atoms with van der Waals surface area (Å²) < 4.78 is 0. The first-order chi connectivity index (χ1) is 8.63. The van der Waals surface area contributed by atoms with Crippen LogP contribution < -0.4 is 5.73 Å². The molecule has 94 valence electrons. The van der Waals surface area contributed by atoms with E-state index in [9.17, 15) is 5.11 Å².